The molecule has 1 heterocycles. The van der Waals surface area contributed by atoms with Gasteiger partial charge in [0.2, 0.25) is 0 Å². The predicted molar refractivity (Wildman–Crippen MR) is 44.0 cm³/mol. The van der Waals surface area contributed by atoms with Crippen LogP contribution in [0, 0.1) is 24.2 Å². The molecular weight excluding hydrogens is 144 g/mol. The van der Waals surface area contributed by atoms with E-state index in [1.165, 1.54) is 0 Å². The summed E-state index contributed by atoms with van der Waals surface area (Å²) in [5.41, 5.74) is 0. The number of hydrogen-bond acceptors (Lipinski definition) is 1. The SMILES string of the molecule is C#C[C@H]1CS(=O)C(C)C1C. The van der Waals surface area contributed by atoms with E-state index >= 15 is 0 Å². The summed E-state index contributed by atoms with van der Waals surface area (Å²) in [6.07, 6.45) is 5.26. The molecule has 2 heteroatoms. The van der Waals surface area contributed by atoms with Gasteiger partial charge in [0, 0.05) is 27.7 Å². The van der Waals surface area contributed by atoms with Gasteiger partial charge in [0.05, 0.1) is 0 Å². The maximum atomic E-state index is 11.2. The molecule has 0 bridgehead atoms. The molecule has 0 aromatic carbocycles. The maximum absolute atomic E-state index is 11.2. The first kappa shape index (κ1) is 7.81. The zero-order chi connectivity index (χ0) is 7.72. The van der Waals surface area contributed by atoms with Crippen molar-refractivity contribution in [3.8, 4) is 12.3 Å². The molecule has 10 heavy (non-hydrogen) atoms. The molecule has 4 atom stereocenters. The largest absolute Gasteiger partial charge is 0.259 e. The van der Waals surface area contributed by atoms with Crippen molar-refractivity contribution in [2.45, 2.75) is 19.1 Å². The highest BCUT2D eigenvalue weighted by molar-refractivity contribution is 7.85. The van der Waals surface area contributed by atoms with E-state index in [1.54, 1.807) is 0 Å². The molecule has 0 aromatic rings. The molecule has 56 valence electrons. The van der Waals surface area contributed by atoms with E-state index in [9.17, 15) is 4.21 Å². The van der Waals surface area contributed by atoms with E-state index in [0.29, 0.717) is 16.9 Å². The summed E-state index contributed by atoms with van der Waals surface area (Å²) in [7, 11) is -0.670. The first-order chi connectivity index (χ1) is 4.66. The van der Waals surface area contributed by atoms with Crippen LogP contribution in [0.3, 0.4) is 0 Å². The molecule has 1 saturated heterocycles. The molecule has 1 fully saturated rings. The molecule has 0 saturated carbocycles. The van der Waals surface area contributed by atoms with Gasteiger partial charge in [-0.25, -0.2) is 0 Å². The number of hydrogen-bond donors (Lipinski definition) is 0. The second-order valence-corrected chi connectivity index (χ2v) is 4.72. The Morgan fingerprint density at radius 1 is 1.60 bits per heavy atom. The van der Waals surface area contributed by atoms with E-state index in [-0.39, 0.29) is 5.92 Å². The molecule has 1 aliphatic heterocycles. The van der Waals surface area contributed by atoms with Gasteiger partial charge in [-0.3, -0.25) is 4.21 Å². The average molecular weight is 156 g/mol. The Kier molecular flexibility index (Phi) is 2.15. The van der Waals surface area contributed by atoms with Gasteiger partial charge < -0.3 is 0 Å². The van der Waals surface area contributed by atoms with Gasteiger partial charge >= 0.3 is 0 Å². The van der Waals surface area contributed by atoms with E-state index in [2.05, 4.69) is 12.8 Å². The Labute approximate surface area is 64.7 Å². The van der Waals surface area contributed by atoms with E-state index in [4.69, 9.17) is 6.42 Å². The molecule has 1 nitrogen and oxygen atoms in total. The van der Waals surface area contributed by atoms with Crippen LogP contribution in [-0.2, 0) is 10.8 Å². The Hall–Kier alpha value is -0.290. The monoisotopic (exact) mass is 156 g/mol. The maximum Gasteiger partial charge on any atom is 0.0378 e. The van der Waals surface area contributed by atoms with E-state index in [1.807, 2.05) is 6.92 Å². The minimum atomic E-state index is -0.670. The van der Waals surface area contributed by atoms with E-state index < -0.39 is 10.8 Å². The van der Waals surface area contributed by atoms with Gasteiger partial charge in [-0.05, 0) is 5.92 Å². The standard InChI is InChI=1S/C8H12OS/c1-4-8-5-10(9)7(3)6(8)2/h1,6-8H,5H2,2-3H3/t6?,7?,8-,10?/m0/s1. The van der Waals surface area contributed by atoms with Crippen LogP contribution in [-0.4, -0.2) is 15.2 Å². The first-order valence-electron chi connectivity index (χ1n) is 3.50. The number of rotatable bonds is 0. The topological polar surface area (TPSA) is 17.1 Å². The first-order valence-corrected chi connectivity index (χ1v) is 4.88. The fourth-order valence-electron chi connectivity index (χ4n) is 1.25. The summed E-state index contributed by atoms with van der Waals surface area (Å²) in [5.74, 6) is 4.07. The fraction of sp³-hybridized carbons (Fsp3) is 0.750. The molecule has 0 amide bonds. The third-order valence-corrected chi connectivity index (χ3v) is 4.29. The van der Waals surface area contributed by atoms with Crippen molar-refractivity contribution in [2.24, 2.45) is 11.8 Å². The quantitative estimate of drug-likeness (QED) is 0.479. The summed E-state index contributed by atoms with van der Waals surface area (Å²) in [4.78, 5) is 0. The highest BCUT2D eigenvalue weighted by Crippen LogP contribution is 2.28. The third kappa shape index (κ3) is 1.11. The van der Waals surface area contributed by atoms with Crippen molar-refractivity contribution in [2.75, 3.05) is 5.75 Å². The van der Waals surface area contributed by atoms with Crippen molar-refractivity contribution < 1.29 is 4.21 Å². The molecule has 0 radical (unpaired) electrons. The Bertz CT molecular complexity index is 192. The van der Waals surface area contributed by atoms with Crippen LogP contribution >= 0.6 is 0 Å². The molecule has 1 aliphatic rings. The molecule has 0 spiro atoms. The summed E-state index contributed by atoms with van der Waals surface area (Å²) in [6.45, 7) is 4.10. The lowest BCUT2D eigenvalue weighted by atomic mass is 9.95. The van der Waals surface area contributed by atoms with Gasteiger partial charge in [-0.2, -0.15) is 0 Å². The van der Waals surface area contributed by atoms with Crippen molar-refractivity contribution in [3.05, 3.63) is 0 Å². The molecular formula is C8H12OS. The van der Waals surface area contributed by atoms with Crippen LogP contribution in [0.25, 0.3) is 0 Å². The smallest absolute Gasteiger partial charge is 0.0378 e. The molecule has 0 N–H and O–H groups in total. The second kappa shape index (κ2) is 2.75. The summed E-state index contributed by atoms with van der Waals surface area (Å²) < 4.78 is 11.2. The predicted octanol–water partition coefficient (Wildman–Crippen LogP) is 1.02. The van der Waals surface area contributed by atoms with Crippen molar-refractivity contribution in [1.82, 2.24) is 0 Å². The van der Waals surface area contributed by atoms with Crippen LogP contribution in [0.15, 0.2) is 0 Å². The van der Waals surface area contributed by atoms with Crippen LogP contribution in [0.2, 0.25) is 0 Å². The molecule has 0 aliphatic carbocycles. The highest BCUT2D eigenvalue weighted by atomic mass is 32.2. The normalized spacial score (nSPS) is 46.9. The average Bonchev–Trinajstić information content (AvgIpc) is 2.17. The summed E-state index contributed by atoms with van der Waals surface area (Å²) >= 11 is 0. The van der Waals surface area contributed by atoms with Crippen molar-refractivity contribution >= 4 is 10.8 Å². The lowest BCUT2D eigenvalue weighted by molar-refractivity contribution is 0.502. The Balaban J connectivity index is 2.73. The highest BCUT2D eigenvalue weighted by Gasteiger charge is 2.34. The van der Waals surface area contributed by atoms with Crippen LogP contribution < -0.4 is 0 Å². The molecule has 1 rings (SSSR count). The Morgan fingerprint density at radius 3 is 2.40 bits per heavy atom. The fourth-order valence-corrected chi connectivity index (χ4v) is 2.97. The summed E-state index contributed by atoms with van der Waals surface area (Å²) in [6, 6.07) is 0. The Morgan fingerprint density at radius 2 is 2.20 bits per heavy atom. The van der Waals surface area contributed by atoms with Crippen LogP contribution in [0.1, 0.15) is 13.8 Å². The van der Waals surface area contributed by atoms with Gasteiger partial charge in [0.1, 0.15) is 0 Å². The molecule has 3 unspecified atom stereocenters. The zero-order valence-electron chi connectivity index (χ0n) is 6.33. The van der Waals surface area contributed by atoms with Gasteiger partial charge in [0.25, 0.3) is 0 Å². The van der Waals surface area contributed by atoms with Gasteiger partial charge in [-0.15, -0.1) is 12.3 Å². The van der Waals surface area contributed by atoms with Crippen LogP contribution in [0.4, 0.5) is 0 Å². The lowest BCUT2D eigenvalue weighted by Crippen LogP contribution is -2.13. The van der Waals surface area contributed by atoms with Gasteiger partial charge in [0.15, 0.2) is 0 Å². The minimum Gasteiger partial charge on any atom is -0.259 e. The molecule has 0 aromatic heterocycles. The van der Waals surface area contributed by atoms with Crippen LogP contribution in [0.5, 0.6) is 0 Å². The van der Waals surface area contributed by atoms with Gasteiger partial charge in [-0.1, -0.05) is 13.8 Å². The van der Waals surface area contributed by atoms with E-state index in [0.717, 1.165) is 0 Å². The summed E-state index contributed by atoms with van der Waals surface area (Å²) in [5, 5.41) is 0.293. The minimum absolute atomic E-state index is 0.246. The second-order valence-electron chi connectivity index (χ2n) is 2.88. The third-order valence-electron chi connectivity index (χ3n) is 2.35. The number of terminal acetylenes is 1. The van der Waals surface area contributed by atoms with Crippen molar-refractivity contribution in [1.29, 1.82) is 0 Å². The van der Waals surface area contributed by atoms with Crippen molar-refractivity contribution in [3.63, 3.8) is 0 Å². The lowest BCUT2D eigenvalue weighted by Gasteiger charge is -2.09. The zero-order valence-corrected chi connectivity index (χ0v) is 7.15.